The van der Waals surface area contributed by atoms with E-state index in [4.69, 9.17) is 0 Å². The van der Waals surface area contributed by atoms with Gasteiger partial charge in [0.05, 0.1) is 25.0 Å². The highest BCUT2D eigenvalue weighted by Crippen LogP contribution is 2.44. The molecule has 1 saturated carbocycles. The first kappa shape index (κ1) is 25.0. The first-order chi connectivity index (χ1) is 18.1. The quantitative estimate of drug-likeness (QED) is 0.656. The lowest BCUT2D eigenvalue weighted by molar-refractivity contribution is -0.702. The summed E-state index contributed by atoms with van der Waals surface area (Å²) in [6.45, 7) is 3.84. The van der Waals surface area contributed by atoms with Crippen LogP contribution < -0.4 is 10.6 Å². The fourth-order valence-electron chi connectivity index (χ4n) is 8.23. The average Bonchev–Trinajstić information content (AvgIpc) is 2.95. The summed E-state index contributed by atoms with van der Waals surface area (Å²) < 4.78 is 28.7. The van der Waals surface area contributed by atoms with E-state index in [0.29, 0.717) is 18.4 Å². The van der Waals surface area contributed by atoms with Crippen LogP contribution in [-0.2, 0) is 16.8 Å². The predicted molar refractivity (Wildman–Crippen MR) is 139 cm³/mol. The predicted octanol–water partition coefficient (Wildman–Crippen LogP) is 3.22. The van der Waals surface area contributed by atoms with E-state index in [-0.39, 0.29) is 17.9 Å². The van der Waals surface area contributed by atoms with Gasteiger partial charge in [-0.3, -0.25) is 4.79 Å². The fourth-order valence-corrected chi connectivity index (χ4v) is 8.23. The molecule has 3 heterocycles. The number of benzene rings is 2. The SMILES string of the molecule is O=C([C@@H]1C[NH2+]CC[C@]12C[NH2+]Cc1cc(F)c(F)cc12)N1CC[C@@H](c2ccccc2)C[C@H]1C1CCCCC1. The van der Waals surface area contributed by atoms with Crippen molar-refractivity contribution in [1.82, 2.24) is 4.90 Å². The Morgan fingerprint density at radius 1 is 0.973 bits per heavy atom. The summed E-state index contributed by atoms with van der Waals surface area (Å²) >= 11 is 0. The Hall–Kier alpha value is -2.31. The number of quaternary nitrogens is 2. The van der Waals surface area contributed by atoms with E-state index >= 15 is 0 Å². The van der Waals surface area contributed by atoms with E-state index in [2.05, 4.69) is 45.9 Å². The molecule has 2 saturated heterocycles. The van der Waals surface area contributed by atoms with Crippen molar-refractivity contribution in [1.29, 1.82) is 0 Å². The molecule has 2 aromatic rings. The van der Waals surface area contributed by atoms with Crippen LogP contribution in [0.4, 0.5) is 8.78 Å². The zero-order valence-corrected chi connectivity index (χ0v) is 21.8. The Kier molecular flexibility index (Phi) is 7.06. The highest BCUT2D eigenvalue weighted by molar-refractivity contribution is 5.82. The molecule has 0 unspecified atom stereocenters. The van der Waals surface area contributed by atoms with Crippen molar-refractivity contribution in [3.05, 3.63) is 70.8 Å². The number of hydrogen-bond donors (Lipinski definition) is 2. The summed E-state index contributed by atoms with van der Waals surface area (Å²) in [6, 6.07) is 13.9. The van der Waals surface area contributed by atoms with Gasteiger partial charge >= 0.3 is 0 Å². The van der Waals surface area contributed by atoms with Crippen LogP contribution in [0.3, 0.4) is 0 Å². The summed E-state index contributed by atoms with van der Waals surface area (Å²) in [7, 11) is 0. The molecule has 6 rings (SSSR count). The van der Waals surface area contributed by atoms with Gasteiger partial charge in [-0.2, -0.15) is 0 Å². The summed E-state index contributed by atoms with van der Waals surface area (Å²) in [6.07, 6.45) is 9.08. The van der Waals surface area contributed by atoms with Gasteiger partial charge in [0.2, 0.25) is 5.91 Å². The van der Waals surface area contributed by atoms with Crippen molar-refractivity contribution in [2.75, 3.05) is 26.2 Å². The van der Waals surface area contributed by atoms with E-state index in [1.165, 1.54) is 49.8 Å². The van der Waals surface area contributed by atoms with Crippen LogP contribution in [-0.4, -0.2) is 43.0 Å². The van der Waals surface area contributed by atoms with Crippen LogP contribution in [0.25, 0.3) is 0 Å². The maximum atomic E-state index is 14.6. The molecule has 6 heteroatoms. The molecule has 4 nitrogen and oxygen atoms in total. The fraction of sp³-hybridized carbons (Fsp3) is 0.581. The summed E-state index contributed by atoms with van der Waals surface area (Å²) in [5, 5.41) is 4.46. The van der Waals surface area contributed by atoms with Gasteiger partial charge in [-0.25, -0.2) is 8.78 Å². The number of carbonyl (C=O) groups excluding carboxylic acids is 1. The molecule has 0 bridgehead atoms. The van der Waals surface area contributed by atoms with Crippen LogP contribution in [0, 0.1) is 23.5 Å². The van der Waals surface area contributed by atoms with Crippen molar-refractivity contribution >= 4 is 5.91 Å². The molecule has 0 aromatic heterocycles. The van der Waals surface area contributed by atoms with Crippen molar-refractivity contribution in [3.63, 3.8) is 0 Å². The number of likely N-dealkylation sites (tertiary alicyclic amines) is 1. The van der Waals surface area contributed by atoms with Gasteiger partial charge in [0.25, 0.3) is 0 Å². The van der Waals surface area contributed by atoms with Gasteiger partial charge < -0.3 is 15.5 Å². The molecule has 3 aliphatic heterocycles. The molecule has 3 fully saturated rings. The third-order valence-corrected chi connectivity index (χ3v) is 10.1. The van der Waals surface area contributed by atoms with Crippen molar-refractivity contribution in [2.24, 2.45) is 11.8 Å². The lowest BCUT2D eigenvalue weighted by Gasteiger charge is -2.49. The van der Waals surface area contributed by atoms with Crippen LogP contribution >= 0.6 is 0 Å². The Balaban J connectivity index is 1.33. The van der Waals surface area contributed by atoms with Crippen molar-refractivity contribution in [2.45, 2.75) is 75.3 Å². The largest absolute Gasteiger partial charge is 0.346 e. The molecule has 198 valence electrons. The number of amides is 1. The van der Waals surface area contributed by atoms with Crippen LogP contribution in [0.5, 0.6) is 0 Å². The number of fused-ring (bicyclic) bond motifs is 2. The average molecular weight is 510 g/mol. The lowest BCUT2D eigenvalue weighted by atomic mass is 9.62. The summed E-state index contributed by atoms with van der Waals surface area (Å²) in [5.74, 6) is -0.474. The lowest BCUT2D eigenvalue weighted by Crippen LogP contribution is -2.95. The minimum atomic E-state index is -0.787. The van der Waals surface area contributed by atoms with Crippen LogP contribution in [0.15, 0.2) is 42.5 Å². The van der Waals surface area contributed by atoms with Crippen molar-refractivity contribution in [3.8, 4) is 0 Å². The minimum Gasteiger partial charge on any atom is -0.346 e. The monoisotopic (exact) mass is 509 g/mol. The highest BCUT2D eigenvalue weighted by Gasteiger charge is 2.54. The highest BCUT2D eigenvalue weighted by atomic mass is 19.2. The van der Waals surface area contributed by atoms with E-state index < -0.39 is 17.0 Å². The second-order valence-corrected chi connectivity index (χ2v) is 12.0. The van der Waals surface area contributed by atoms with Gasteiger partial charge in [0.15, 0.2) is 11.6 Å². The minimum absolute atomic E-state index is 0.208. The number of carbonyl (C=O) groups is 1. The number of piperidine rings is 2. The Morgan fingerprint density at radius 3 is 2.57 bits per heavy atom. The van der Waals surface area contributed by atoms with Crippen molar-refractivity contribution < 1.29 is 24.2 Å². The number of hydrogen-bond acceptors (Lipinski definition) is 1. The second-order valence-electron chi connectivity index (χ2n) is 12.0. The maximum Gasteiger partial charge on any atom is 0.232 e. The summed E-state index contributed by atoms with van der Waals surface area (Å²) in [5.41, 5.74) is 2.71. The molecule has 1 aliphatic carbocycles. The van der Waals surface area contributed by atoms with Gasteiger partial charge in [0, 0.05) is 24.6 Å². The van der Waals surface area contributed by atoms with E-state index in [1.54, 1.807) is 0 Å². The Labute approximate surface area is 219 Å². The van der Waals surface area contributed by atoms with Gasteiger partial charge in [-0.15, -0.1) is 0 Å². The molecule has 4 aliphatic rings. The summed E-state index contributed by atoms with van der Waals surface area (Å²) in [4.78, 5) is 16.9. The zero-order chi connectivity index (χ0) is 25.4. The molecule has 1 amide bonds. The molecule has 4 atom stereocenters. The standard InChI is InChI=1S/C31H39F2N3O/c32-27-15-24-18-35-20-31(25(24)17-28(27)33)12-13-34-19-26(31)30(37)36-14-11-23(21-7-3-1-4-8-21)16-29(36)22-9-5-2-6-10-22/h1,3-4,7-8,15,17,22-23,26,29,34-35H,2,5-6,9-14,16,18-20H2/p+2/t23-,26+,29+,31-/m1/s1. The number of nitrogens with zero attached hydrogens (tertiary/aromatic N) is 1. The number of nitrogens with two attached hydrogens (primary N) is 2. The Morgan fingerprint density at radius 2 is 1.76 bits per heavy atom. The normalized spacial score (nSPS) is 30.8. The van der Waals surface area contributed by atoms with E-state index in [0.717, 1.165) is 56.6 Å². The molecule has 2 aromatic carbocycles. The third-order valence-electron chi connectivity index (χ3n) is 10.1. The Bertz CT molecular complexity index is 1120. The zero-order valence-electron chi connectivity index (χ0n) is 21.8. The first-order valence-corrected chi connectivity index (χ1v) is 14.5. The number of rotatable bonds is 3. The first-order valence-electron chi connectivity index (χ1n) is 14.5. The van der Waals surface area contributed by atoms with Crippen LogP contribution in [0.1, 0.15) is 74.0 Å². The molecule has 1 spiro atoms. The van der Waals surface area contributed by atoms with Gasteiger partial charge in [-0.1, -0.05) is 49.6 Å². The molecule has 4 N–H and O–H groups in total. The van der Waals surface area contributed by atoms with Gasteiger partial charge in [0.1, 0.15) is 12.5 Å². The smallest absolute Gasteiger partial charge is 0.232 e. The van der Waals surface area contributed by atoms with Crippen LogP contribution in [0.2, 0.25) is 0 Å². The number of halogens is 2. The molecular formula is C31H41F2N3O+2. The molecule has 37 heavy (non-hydrogen) atoms. The third kappa shape index (κ3) is 4.61. The topological polar surface area (TPSA) is 53.5 Å². The second kappa shape index (κ2) is 10.5. The maximum absolute atomic E-state index is 14.6. The van der Waals surface area contributed by atoms with Gasteiger partial charge in [-0.05, 0) is 60.8 Å². The molecular weight excluding hydrogens is 468 g/mol. The van der Waals surface area contributed by atoms with E-state index in [1.807, 2.05) is 0 Å². The van der Waals surface area contributed by atoms with E-state index in [9.17, 15) is 13.6 Å². The molecule has 0 radical (unpaired) electrons.